The molecule has 0 bridgehead atoms. The Balaban J connectivity index is 1.76. The minimum Gasteiger partial charge on any atom is -0.497 e. The molecule has 1 aliphatic rings. The lowest BCUT2D eigenvalue weighted by molar-refractivity contribution is -0.135. The molecular formula is C21H27N3O4S. The molecule has 1 amide bonds. The van der Waals surface area contributed by atoms with E-state index in [0.717, 1.165) is 5.56 Å². The second-order valence-corrected chi connectivity index (χ2v) is 9.10. The molecule has 2 aromatic carbocycles. The topological polar surface area (TPSA) is 70.2 Å². The highest BCUT2D eigenvalue weighted by Gasteiger charge is 2.35. The fourth-order valence-electron chi connectivity index (χ4n) is 3.49. The van der Waals surface area contributed by atoms with Crippen molar-refractivity contribution >= 4 is 15.9 Å². The number of amides is 1. The van der Waals surface area contributed by atoms with Crippen molar-refractivity contribution in [2.75, 3.05) is 47.4 Å². The van der Waals surface area contributed by atoms with Crippen LogP contribution in [0.4, 0.5) is 0 Å². The lowest BCUT2D eigenvalue weighted by atomic mass is 10.0. The molecule has 1 atom stereocenters. The van der Waals surface area contributed by atoms with Gasteiger partial charge in [0.2, 0.25) is 15.9 Å². The number of carbonyl (C=O) groups excluding carboxylic acids is 1. The summed E-state index contributed by atoms with van der Waals surface area (Å²) in [6.07, 6.45) is 0. The molecule has 0 radical (unpaired) electrons. The third-order valence-electron chi connectivity index (χ3n) is 5.13. The first kappa shape index (κ1) is 21.3. The van der Waals surface area contributed by atoms with E-state index in [1.807, 2.05) is 30.3 Å². The second-order valence-electron chi connectivity index (χ2n) is 7.16. The summed E-state index contributed by atoms with van der Waals surface area (Å²) in [5, 5.41) is 0. The predicted molar refractivity (Wildman–Crippen MR) is 111 cm³/mol. The highest BCUT2D eigenvalue weighted by Crippen LogP contribution is 2.26. The number of hydrogen-bond donors (Lipinski definition) is 0. The van der Waals surface area contributed by atoms with Gasteiger partial charge in [0.05, 0.1) is 12.0 Å². The van der Waals surface area contributed by atoms with Crippen LogP contribution in [0.25, 0.3) is 0 Å². The smallest absolute Gasteiger partial charge is 0.244 e. The standard InChI is InChI=1S/C21H27N3O4S/c1-22(2)21(25)20(17-7-5-4-6-8-17)23-13-15-24(16-14-23)29(26,27)19-11-9-18(28-3)10-12-19/h4-12,20H,13-16H2,1-3H3/t20-/m1/s1. The van der Waals surface area contributed by atoms with E-state index in [9.17, 15) is 13.2 Å². The summed E-state index contributed by atoms with van der Waals surface area (Å²) >= 11 is 0. The average molecular weight is 418 g/mol. The highest BCUT2D eigenvalue weighted by atomic mass is 32.2. The van der Waals surface area contributed by atoms with Gasteiger partial charge in [-0.2, -0.15) is 4.31 Å². The van der Waals surface area contributed by atoms with Crippen LogP contribution in [0.15, 0.2) is 59.5 Å². The van der Waals surface area contributed by atoms with Crippen molar-refractivity contribution in [2.45, 2.75) is 10.9 Å². The maximum atomic E-state index is 13.0. The Kier molecular flexibility index (Phi) is 6.56. The van der Waals surface area contributed by atoms with Crippen LogP contribution in [0.5, 0.6) is 5.75 Å². The SMILES string of the molecule is COc1ccc(S(=O)(=O)N2CCN([C@@H](C(=O)N(C)C)c3ccccc3)CC2)cc1. The fourth-order valence-corrected chi connectivity index (χ4v) is 4.91. The van der Waals surface area contributed by atoms with Gasteiger partial charge in [-0.1, -0.05) is 30.3 Å². The molecule has 29 heavy (non-hydrogen) atoms. The van der Waals surface area contributed by atoms with E-state index >= 15 is 0 Å². The molecule has 0 unspecified atom stereocenters. The molecule has 7 nitrogen and oxygen atoms in total. The van der Waals surface area contributed by atoms with Crippen LogP contribution in [0.3, 0.4) is 0 Å². The summed E-state index contributed by atoms with van der Waals surface area (Å²) in [6, 6.07) is 15.6. The molecule has 1 saturated heterocycles. The van der Waals surface area contributed by atoms with Gasteiger partial charge in [0, 0.05) is 40.3 Å². The maximum Gasteiger partial charge on any atom is 0.244 e. The molecular weight excluding hydrogens is 390 g/mol. The normalized spacial score (nSPS) is 16.9. The van der Waals surface area contributed by atoms with Gasteiger partial charge in [0.15, 0.2) is 0 Å². The number of piperazine rings is 1. The van der Waals surface area contributed by atoms with Crippen LogP contribution in [-0.4, -0.2) is 75.8 Å². The number of sulfonamides is 1. The zero-order valence-corrected chi connectivity index (χ0v) is 17.8. The third kappa shape index (κ3) is 4.60. The molecule has 0 aromatic heterocycles. The lowest BCUT2D eigenvalue weighted by Gasteiger charge is -2.39. The van der Waals surface area contributed by atoms with Crippen molar-refractivity contribution in [3.05, 3.63) is 60.2 Å². The largest absolute Gasteiger partial charge is 0.497 e. The van der Waals surface area contributed by atoms with Gasteiger partial charge in [0.1, 0.15) is 11.8 Å². The van der Waals surface area contributed by atoms with E-state index in [0.29, 0.717) is 31.9 Å². The number of likely N-dealkylation sites (N-methyl/N-ethyl adjacent to an activating group) is 1. The van der Waals surface area contributed by atoms with E-state index in [1.165, 1.54) is 4.31 Å². The van der Waals surface area contributed by atoms with Gasteiger partial charge in [-0.15, -0.1) is 0 Å². The highest BCUT2D eigenvalue weighted by molar-refractivity contribution is 7.89. The molecule has 0 spiro atoms. The summed E-state index contributed by atoms with van der Waals surface area (Å²) in [7, 11) is 1.44. The third-order valence-corrected chi connectivity index (χ3v) is 7.04. The van der Waals surface area contributed by atoms with Crippen molar-refractivity contribution in [1.82, 2.24) is 14.1 Å². The number of ether oxygens (including phenoxy) is 1. The predicted octanol–water partition coefficient (Wildman–Crippen LogP) is 1.83. The first-order valence-electron chi connectivity index (χ1n) is 9.49. The van der Waals surface area contributed by atoms with E-state index in [4.69, 9.17) is 4.74 Å². The molecule has 1 heterocycles. The summed E-state index contributed by atoms with van der Waals surface area (Å²) in [5.41, 5.74) is 0.915. The van der Waals surface area contributed by atoms with E-state index in [2.05, 4.69) is 4.90 Å². The Morgan fingerprint density at radius 2 is 1.55 bits per heavy atom. The van der Waals surface area contributed by atoms with Gasteiger partial charge in [-0.25, -0.2) is 8.42 Å². The molecule has 2 aromatic rings. The fraction of sp³-hybridized carbons (Fsp3) is 0.381. The monoisotopic (exact) mass is 417 g/mol. The van der Waals surface area contributed by atoms with E-state index in [-0.39, 0.29) is 10.8 Å². The Bertz CT molecular complexity index is 922. The van der Waals surface area contributed by atoms with Crippen LogP contribution in [0, 0.1) is 0 Å². The van der Waals surface area contributed by atoms with Crippen LogP contribution < -0.4 is 4.74 Å². The molecule has 3 rings (SSSR count). The number of carbonyl (C=O) groups is 1. The van der Waals surface area contributed by atoms with E-state index < -0.39 is 16.1 Å². The van der Waals surface area contributed by atoms with Gasteiger partial charge in [0.25, 0.3) is 0 Å². The molecule has 156 valence electrons. The quantitative estimate of drug-likeness (QED) is 0.717. The lowest BCUT2D eigenvalue weighted by Crippen LogP contribution is -2.52. The molecule has 1 fully saturated rings. The first-order chi connectivity index (χ1) is 13.8. The molecule has 1 aliphatic heterocycles. The van der Waals surface area contributed by atoms with Crippen LogP contribution in [-0.2, 0) is 14.8 Å². The van der Waals surface area contributed by atoms with Crippen LogP contribution in [0.1, 0.15) is 11.6 Å². The van der Waals surface area contributed by atoms with Crippen molar-refractivity contribution < 1.29 is 17.9 Å². The second kappa shape index (κ2) is 8.94. The molecule has 0 saturated carbocycles. The summed E-state index contributed by atoms with van der Waals surface area (Å²) < 4.78 is 32.5. The van der Waals surface area contributed by atoms with Crippen LogP contribution >= 0.6 is 0 Å². The Morgan fingerprint density at radius 3 is 2.07 bits per heavy atom. The molecule has 8 heteroatoms. The number of nitrogens with zero attached hydrogens (tertiary/aromatic N) is 3. The Hall–Kier alpha value is -2.42. The molecule has 0 aliphatic carbocycles. The van der Waals surface area contributed by atoms with Crippen molar-refractivity contribution in [3.63, 3.8) is 0 Å². The van der Waals surface area contributed by atoms with E-state index in [1.54, 1.807) is 50.4 Å². The van der Waals surface area contributed by atoms with Crippen molar-refractivity contribution in [1.29, 1.82) is 0 Å². The number of benzene rings is 2. The van der Waals surface area contributed by atoms with Crippen molar-refractivity contribution in [3.8, 4) is 5.75 Å². The number of rotatable bonds is 6. The van der Waals surface area contributed by atoms with Crippen molar-refractivity contribution in [2.24, 2.45) is 0 Å². The van der Waals surface area contributed by atoms with Gasteiger partial charge in [-0.3, -0.25) is 9.69 Å². The molecule has 0 N–H and O–H groups in total. The summed E-state index contributed by atoms with van der Waals surface area (Å²) in [5.74, 6) is 0.601. The number of hydrogen-bond acceptors (Lipinski definition) is 5. The van der Waals surface area contributed by atoms with Gasteiger partial charge < -0.3 is 9.64 Å². The summed E-state index contributed by atoms with van der Waals surface area (Å²) in [4.78, 5) is 16.7. The Labute approximate surface area is 172 Å². The summed E-state index contributed by atoms with van der Waals surface area (Å²) in [6.45, 7) is 1.62. The minimum atomic E-state index is -3.58. The van der Waals surface area contributed by atoms with Gasteiger partial charge in [-0.05, 0) is 29.8 Å². The average Bonchev–Trinajstić information content (AvgIpc) is 2.75. The van der Waals surface area contributed by atoms with Crippen LogP contribution in [0.2, 0.25) is 0 Å². The zero-order chi connectivity index (χ0) is 21.0. The minimum absolute atomic E-state index is 0.0114. The Morgan fingerprint density at radius 1 is 0.966 bits per heavy atom. The zero-order valence-electron chi connectivity index (χ0n) is 17.0. The van der Waals surface area contributed by atoms with Gasteiger partial charge >= 0.3 is 0 Å². The first-order valence-corrected chi connectivity index (χ1v) is 10.9. The maximum absolute atomic E-state index is 13.0. The number of methoxy groups -OCH3 is 1.